The quantitative estimate of drug-likeness (QED) is 0.0335. The molecule has 0 saturated heterocycles. The van der Waals surface area contributed by atoms with Crippen LogP contribution in [-0.2, 0) is 24.9 Å². The van der Waals surface area contributed by atoms with Crippen LogP contribution in [0.25, 0.3) is 0 Å². The minimum absolute atomic E-state index is 0.131. The average molecular weight is 1040 g/mol. The van der Waals surface area contributed by atoms with Crippen molar-refractivity contribution >= 4 is 30.1 Å². The van der Waals surface area contributed by atoms with Crippen LogP contribution in [0.3, 0.4) is 0 Å². The van der Waals surface area contributed by atoms with Gasteiger partial charge in [-0.15, -0.1) is 0 Å². The number of unbranched alkanes of at least 4 members (excludes halogenated alkanes) is 3. The van der Waals surface area contributed by atoms with Crippen molar-refractivity contribution in [3.63, 3.8) is 0 Å². The number of nitriles is 1. The fourth-order valence-corrected chi connectivity index (χ4v) is 14.7. The van der Waals surface area contributed by atoms with Crippen molar-refractivity contribution in [1.82, 2.24) is 9.57 Å². The summed E-state index contributed by atoms with van der Waals surface area (Å²) in [6.45, 7) is 16.9. The molecule has 3 aliphatic rings. The Kier molecular flexibility index (Phi) is 22.8. The van der Waals surface area contributed by atoms with Crippen LogP contribution in [0.2, 0.25) is 0 Å². The smallest absolute Gasteiger partial charge is 0.435 e. The number of fused-ring (bicyclic) bond motifs is 5. The van der Waals surface area contributed by atoms with Crippen LogP contribution >= 0.6 is 30.1 Å². The van der Waals surface area contributed by atoms with E-state index in [0.717, 1.165) is 88.8 Å². The fraction of sp³-hybridized carbons (Fsp3) is 0.854. The number of ether oxygens (including phenoxy) is 3. The van der Waals surface area contributed by atoms with Crippen molar-refractivity contribution < 1.29 is 62.8 Å². The third kappa shape index (κ3) is 15.6. The van der Waals surface area contributed by atoms with Crippen LogP contribution in [0, 0.1) is 28.6 Å². The molecule has 0 radical (unpaired) electrons. The summed E-state index contributed by atoms with van der Waals surface area (Å²) < 4.78 is 150. The van der Waals surface area contributed by atoms with Gasteiger partial charge in [-0.25, -0.2) is 4.67 Å². The van der Waals surface area contributed by atoms with Crippen molar-refractivity contribution in [2.75, 3.05) is 58.9 Å². The maximum atomic E-state index is 13.2. The lowest BCUT2D eigenvalue weighted by Gasteiger charge is -2.50. The van der Waals surface area contributed by atoms with Gasteiger partial charge in [0.25, 0.3) is 8.53 Å². The number of alkyl halides is 9. The van der Waals surface area contributed by atoms with E-state index in [4.69, 9.17) is 23.8 Å². The lowest BCUT2D eigenvalue weighted by molar-refractivity contribution is -0.457. The first-order chi connectivity index (χ1) is 31.8. The highest BCUT2D eigenvalue weighted by Gasteiger charge is 2.85. The van der Waals surface area contributed by atoms with Crippen molar-refractivity contribution in [3.05, 3.63) is 29.3 Å². The fourth-order valence-electron chi connectivity index (χ4n) is 10.3. The number of hydrogen-bond acceptors (Lipinski definition) is 10. The molecule has 1 aromatic rings. The summed E-state index contributed by atoms with van der Waals surface area (Å²) in [7, 11) is 4.85. The summed E-state index contributed by atoms with van der Waals surface area (Å²) in [6, 6.07) is 9.13. The van der Waals surface area contributed by atoms with Crippen LogP contribution < -0.4 is 4.74 Å². The highest BCUT2D eigenvalue weighted by atomic mass is 33.1. The van der Waals surface area contributed by atoms with Gasteiger partial charge in [-0.1, -0.05) is 47.4 Å². The lowest BCUT2D eigenvalue weighted by Crippen LogP contribution is -2.67. The van der Waals surface area contributed by atoms with Crippen molar-refractivity contribution in [2.24, 2.45) is 17.3 Å². The molecule has 1 aromatic carbocycles. The topological polar surface area (TPSA) is 76.4 Å². The number of rotatable bonds is 29. The second-order valence-electron chi connectivity index (χ2n) is 20.0. The first-order valence-corrected chi connectivity index (χ1v) is 27.7. The third-order valence-corrected chi connectivity index (χ3v) is 19.4. The summed E-state index contributed by atoms with van der Waals surface area (Å²) >= 11 is 0. The molecule has 0 aromatic heterocycles. The minimum atomic E-state index is -6.75. The summed E-state index contributed by atoms with van der Waals surface area (Å²) in [5, 5.41) is 8.92. The van der Waals surface area contributed by atoms with Crippen LogP contribution in [0.15, 0.2) is 18.2 Å². The van der Waals surface area contributed by atoms with E-state index in [1.807, 2.05) is 27.7 Å². The maximum Gasteiger partial charge on any atom is 0.435 e. The van der Waals surface area contributed by atoms with Crippen molar-refractivity contribution in [1.29, 1.82) is 5.26 Å². The Hall–Kier alpha value is -1.23. The Labute approximate surface area is 408 Å². The molecule has 0 spiro atoms. The van der Waals surface area contributed by atoms with Crippen molar-refractivity contribution in [3.8, 4) is 11.8 Å². The second kappa shape index (κ2) is 26.1. The van der Waals surface area contributed by atoms with E-state index in [2.05, 4.69) is 88.0 Å². The molecule has 392 valence electrons. The lowest BCUT2D eigenvalue weighted by atomic mass is 9.55. The van der Waals surface area contributed by atoms with E-state index in [0.29, 0.717) is 62.5 Å². The average Bonchev–Trinajstić information content (AvgIpc) is 3.57. The second-order valence-corrected chi connectivity index (χ2v) is 24.6. The largest absolute Gasteiger partial charge is 0.492 e. The van der Waals surface area contributed by atoms with Gasteiger partial charge in [0.15, 0.2) is 0 Å². The molecule has 0 heterocycles. The minimum Gasteiger partial charge on any atom is -0.492 e. The first-order valence-electron chi connectivity index (χ1n) is 24.2. The van der Waals surface area contributed by atoms with Gasteiger partial charge in [-0.3, -0.25) is 0 Å². The summed E-state index contributed by atoms with van der Waals surface area (Å²) in [5.74, 6) is 2.99. The molecule has 8 nitrogen and oxygen atoms in total. The summed E-state index contributed by atoms with van der Waals surface area (Å²) in [6.07, 6.45) is -10.2. The third-order valence-electron chi connectivity index (χ3n) is 13.8. The first kappa shape index (κ1) is 59.3. The van der Waals surface area contributed by atoms with Gasteiger partial charge in [0.2, 0.25) is 0 Å². The zero-order chi connectivity index (χ0) is 50.6. The van der Waals surface area contributed by atoms with Gasteiger partial charge < -0.3 is 28.2 Å². The normalized spacial score (nSPS) is 23.0. The molecular formula is C48H75F9N3O5PS2. The van der Waals surface area contributed by atoms with Crippen LogP contribution in [0.5, 0.6) is 5.75 Å². The van der Waals surface area contributed by atoms with E-state index in [-0.39, 0.29) is 22.9 Å². The number of hydrogen-bond donors (Lipinski definition) is 0. The van der Waals surface area contributed by atoms with E-state index in [1.54, 1.807) is 0 Å². The molecular weight excluding hydrogens is 965 g/mol. The zero-order valence-electron chi connectivity index (χ0n) is 41.1. The molecule has 20 heteroatoms. The Bertz CT molecular complexity index is 1680. The molecule has 0 N–H and O–H groups in total. The molecule has 68 heavy (non-hydrogen) atoms. The SMILES string of the molecule is CC(C)N(C(C)C)P(OCCC#N)OCCCCCCSSC(C)(C)CCN(C)CCOc1ccc2c(c1)CC[C@@H]1[C@@H]2CC[C@]2(C)[C@@H](OCCCOC(C(F)(F)F)(C(F)(F)F)C(F)(F)F)CC[C@@H]12. The van der Waals surface area contributed by atoms with Crippen LogP contribution in [0.4, 0.5) is 39.5 Å². The number of likely N-dealkylation sites (N-methyl/N-ethyl adjacent to an activating group) is 1. The Morgan fingerprint density at radius 3 is 2.12 bits per heavy atom. The van der Waals surface area contributed by atoms with Gasteiger partial charge in [-0.05, 0) is 166 Å². The number of nitrogens with zero attached hydrogens (tertiary/aromatic N) is 3. The van der Waals surface area contributed by atoms with Crippen molar-refractivity contribution in [2.45, 2.75) is 185 Å². The summed E-state index contributed by atoms with van der Waals surface area (Å²) in [5.41, 5.74) is -3.92. The predicted octanol–water partition coefficient (Wildman–Crippen LogP) is 14.5. The van der Waals surface area contributed by atoms with Crippen LogP contribution in [-0.4, -0.2) is 116 Å². The van der Waals surface area contributed by atoms with E-state index < -0.39 is 45.7 Å². The highest BCUT2D eigenvalue weighted by Crippen LogP contribution is 2.62. The summed E-state index contributed by atoms with van der Waals surface area (Å²) in [4.78, 5) is 2.31. The Balaban J connectivity index is 1.12. The molecule has 1 unspecified atom stereocenters. The maximum absolute atomic E-state index is 13.2. The molecule has 3 aliphatic carbocycles. The molecule has 4 rings (SSSR count). The highest BCUT2D eigenvalue weighted by molar-refractivity contribution is 8.77. The molecule has 6 atom stereocenters. The van der Waals surface area contributed by atoms with Gasteiger partial charge in [0, 0.05) is 35.7 Å². The molecule has 2 saturated carbocycles. The van der Waals surface area contributed by atoms with Gasteiger partial charge in [0.1, 0.15) is 12.4 Å². The Morgan fingerprint density at radius 1 is 0.809 bits per heavy atom. The van der Waals surface area contributed by atoms with E-state index in [9.17, 15) is 39.5 Å². The van der Waals surface area contributed by atoms with E-state index in [1.165, 1.54) is 11.1 Å². The Morgan fingerprint density at radius 2 is 1.47 bits per heavy atom. The molecule has 0 aliphatic heterocycles. The number of benzene rings is 1. The molecule has 2 fully saturated rings. The van der Waals surface area contributed by atoms with Gasteiger partial charge in [-0.2, -0.15) is 44.8 Å². The molecule has 0 amide bonds. The zero-order valence-corrected chi connectivity index (χ0v) is 43.6. The monoisotopic (exact) mass is 1040 g/mol. The predicted molar refractivity (Wildman–Crippen MR) is 254 cm³/mol. The number of halogens is 9. The molecule has 0 bridgehead atoms. The van der Waals surface area contributed by atoms with Gasteiger partial charge in [0.05, 0.1) is 38.4 Å². The van der Waals surface area contributed by atoms with Crippen LogP contribution in [0.1, 0.15) is 143 Å². The number of aryl methyl sites for hydroxylation is 1. The van der Waals surface area contributed by atoms with Gasteiger partial charge >= 0.3 is 24.1 Å². The van der Waals surface area contributed by atoms with E-state index >= 15 is 0 Å². The standard InChI is InChI=1S/C48H75F9N3O5PS2/c1-34(2)60(35(3)4)66(65-30-13-24-58)64-29-11-9-10-12-32-67-68-43(5,6)23-25-59(8)26-31-61-37-16-18-38-36(33-37)15-17-40-39(38)21-22-44(7)41(40)19-20-42(44)62-27-14-28-63-45(46(49,50)51,47(52,53)54)48(55,56)57/h16,18,33-35,39-42H,9-15,17,19-23,25-32H2,1-8H3/t39-,40-,41+,42+,44+,66?/m1/s1.